The Morgan fingerprint density at radius 1 is 1.00 bits per heavy atom. The number of carbonyl (C=O) groups excluding carboxylic acids is 4. The first kappa shape index (κ1) is 25.2. The van der Waals surface area contributed by atoms with E-state index in [2.05, 4.69) is 5.32 Å². The Hall–Kier alpha value is -4.08. The van der Waals surface area contributed by atoms with Crippen molar-refractivity contribution < 1.29 is 42.5 Å². The van der Waals surface area contributed by atoms with E-state index in [9.17, 15) is 19.2 Å². The minimum Gasteiger partial charge on any atom is -0.493 e. The third-order valence-corrected chi connectivity index (χ3v) is 4.15. The third kappa shape index (κ3) is 6.45. The molecule has 0 saturated heterocycles. The molecule has 0 aliphatic heterocycles. The lowest BCUT2D eigenvalue weighted by molar-refractivity contribution is -0.132. The van der Waals surface area contributed by atoms with Gasteiger partial charge in [0.15, 0.2) is 11.5 Å². The molecule has 0 saturated carbocycles. The molecule has 0 unspecified atom stereocenters. The Morgan fingerprint density at radius 3 is 2.21 bits per heavy atom. The smallest absolute Gasteiger partial charge is 0.344 e. The minimum absolute atomic E-state index is 0.0593. The average Bonchev–Trinajstić information content (AvgIpc) is 3.08. The maximum atomic E-state index is 12.5. The van der Waals surface area contributed by atoms with E-state index in [4.69, 9.17) is 23.4 Å². The van der Waals surface area contributed by atoms with Gasteiger partial charge in [-0.05, 0) is 44.5 Å². The van der Waals surface area contributed by atoms with E-state index >= 15 is 0 Å². The first-order chi connectivity index (χ1) is 15.7. The lowest BCUT2D eigenvalue weighted by atomic mass is 10.1. The van der Waals surface area contributed by atoms with Crippen LogP contribution in [0.1, 0.15) is 52.8 Å². The molecule has 2 aromatic rings. The fourth-order valence-electron chi connectivity index (χ4n) is 2.83. The summed E-state index contributed by atoms with van der Waals surface area (Å²) in [4.78, 5) is 48.4. The number of aryl methyl sites for hydroxylation is 1. The largest absolute Gasteiger partial charge is 0.493 e. The predicted molar refractivity (Wildman–Crippen MR) is 117 cm³/mol. The first-order valence-electron chi connectivity index (χ1n) is 10.0. The first-order valence-corrected chi connectivity index (χ1v) is 10.0. The summed E-state index contributed by atoms with van der Waals surface area (Å²) in [7, 11) is 1.42. The molecule has 0 aliphatic carbocycles. The Kier molecular flexibility index (Phi) is 8.79. The maximum absolute atomic E-state index is 12.5. The van der Waals surface area contributed by atoms with Gasteiger partial charge < -0.3 is 23.4 Å². The average molecular weight is 459 g/mol. The van der Waals surface area contributed by atoms with Gasteiger partial charge in [-0.1, -0.05) is 6.07 Å². The van der Waals surface area contributed by atoms with E-state index in [0.717, 1.165) is 0 Å². The summed E-state index contributed by atoms with van der Waals surface area (Å²) in [5.74, 6) is -2.31. The van der Waals surface area contributed by atoms with Crippen molar-refractivity contribution in [3.63, 3.8) is 0 Å². The minimum atomic E-state index is -0.831. The fourth-order valence-corrected chi connectivity index (χ4v) is 2.83. The highest BCUT2D eigenvalue weighted by Crippen LogP contribution is 2.30. The Bertz CT molecular complexity index is 1080. The predicted octanol–water partition coefficient (Wildman–Crippen LogP) is 3.53. The van der Waals surface area contributed by atoms with Gasteiger partial charge in [0.25, 0.3) is 5.91 Å². The number of furan rings is 1. The highest BCUT2D eigenvalue weighted by molar-refractivity contribution is 6.11. The molecule has 0 fully saturated rings. The topological polar surface area (TPSA) is 130 Å². The molecule has 0 spiro atoms. The molecule has 10 heteroatoms. The van der Waals surface area contributed by atoms with Crippen molar-refractivity contribution in [2.24, 2.45) is 0 Å². The van der Waals surface area contributed by atoms with E-state index in [1.165, 1.54) is 39.2 Å². The molecule has 10 nitrogen and oxygen atoms in total. The van der Waals surface area contributed by atoms with Gasteiger partial charge in [-0.15, -0.1) is 0 Å². The summed E-state index contributed by atoms with van der Waals surface area (Å²) in [6, 6.07) is 4.71. The van der Waals surface area contributed by atoms with Crippen LogP contribution in [-0.2, 0) is 19.1 Å². The third-order valence-electron chi connectivity index (χ3n) is 4.15. The highest BCUT2D eigenvalue weighted by Gasteiger charge is 2.31. The summed E-state index contributed by atoms with van der Waals surface area (Å²) in [6.07, 6.45) is 2.67. The number of rotatable bonds is 9. The van der Waals surface area contributed by atoms with Crippen LogP contribution in [0.2, 0.25) is 0 Å². The van der Waals surface area contributed by atoms with E-state index in [1.54, 1.807) is 26.0 Å². The molecule has 0 radical (unpaired) electrons. The van der Waals surface area contributed by atoms with Crippen LogP contribution in [0.25, 0.3) is 6.08 Å². The van der Waals surface area contributed by atoms with Crippen LogP contribution in [0.3, 0.4) is 0 Å². The van der Waals surface area contributed by atoms with Crippen LogP contribution in [0.15, 0.2) is 28.7 Å². The molecule has 0 aliphatic rings. The molecule has 0 atom stereocenters. The van der Waals surface area contributed by atoms with Crippen molar-refractivity contribution in [2.75, 3.05) is 25.6 Å². The summed E-state index contributed by atoms with van der Waals surface area (Å²) >= 11 is 0. The fraction of sp³-hybridized carbons (Fsp3) is 0.304. The molecule has 1 amide bonds. The van der Waals surface area contributed by atoms with Crippen molar-refractivity contribution >= 4 is 35.8 Å². The Morgan fingerprint density at radius 2 is 1.64 bits per heavy atom. The SMILES string of the molecule is CCOC(=O)c1c(C)oc(NC(=O)/C=C/c2ccc(OC(C)=O)c(OC)c2)c1C(=O)OCC. The highest BCUT2D eigenvalue weighted by atomic mass is 16.6. The monoisotopic (exact) mass is 459 g/mol. The molecule has 0 bridgehead atoms. The van der Waals surface area contributed by atoms with Crippen LogP contribution in [0.5, 0.6) is 11.5 Å². The number of amides is 1. The van der Waals surface area contributed by atoms with Crippen molar-refractivity contribution in [1.82, 2.24) is 0 Å². The van der Waals surface area contributed by atoms with Gasteiger partial charge in [0.05, 0.1) is 20.3 Å². The number of benzene rings is 1. The molecule has 1 N–H and O–H groups in total. The summed E-state index contributed by atoms with van der Waals surface area (Å²) in [5.41, 5.74) is 0.244. The normalized spacial score (nSPS) is 10.6. The quantitative estimate of drug-likeness (QED) is 0.340. The number of hydrogen-bond acceptors (Lipinski definition) is 9. The van der Waals surface area contributed by atoms with Crippen LogP contribution >= 0.6 is 0 Å². The van der Waals surface area contributed by atoms with Gasteiger partial charge in [-0.3, -0.25) is 14.9 Å². The zero-order valence-electron chi connectivity index (χ0n) is 19.0. The van der Waals surface area contributed by atoms with Crippen LogP contribution in [0.4, 0.5) is 5.88 Å². The molecule has 1 aromatic carbocycles. The molecular formula is C23H25NO9. The number of hydrogen-bond donors (Lipinski definition) is 1. The van der Waals surface area contributed by atoms with Crippen molar-refractivity contribution in [3.8, 4) is 11.5 Å². The number of carbonyl (C=O) groups is 4. The lowest BCUT2D eigenvalue weighted by Crippen LogP contribution is -2.16. The summed E-state index contributed by atoms with van der Waals surface area (Å²) in [6.45, 7) is 6.12. The summed E-state index contributed by atoms with van der Waals surface area (Å²) in [5, 5.41) is 2.44. The van der Waals surface area contributed by atoms with Crippen LogP contribution in [-0.4, -0.2) is 44.1 Å². The molecule has 1 aromatic heterocycles. The Labute approximate surface area is 190 Å². The molecule has 33 heavy (non-hydrogen) atoms. The van der Waals surface area contributed by atoms with Gasteiger partial charge in [0, 0.05) is 13.0 Å². The number of ether oxygens (including phenoxy) is 4. The van der Waals surface area contributed by atoms with Gasteiger partial charge >= 0.3 is 17.9 Å². The zero-order valence-corrected chi connectivity index (χ0v) is 19.0. The standard InChI is InChI=1S/C23H25NO9/c1-6-30-22(27)19-13(3)32-21(20(19)23(28)31-7-2)24-18(26)11-9-15-8-10-16(33-14(4)25)17(12-15)29-5/h8-12H,6-7H2,1-5H3,(H,24,26)/b11-9+. The molecule has 176 valence electrons. The van der Waals surface area contributed by atoms with E-state index in [1.807, 2.05) is 0 Å². The number of anilines is 1. The van der Waals surface area contributed by atoms with Crippen molar-refractivity contribution in [3.05, 3.63) is 46.7 Å². The second-order valence-electron chi connectivity index (χ2n) is 6.50. The number of esters is 3. The zero-order chi connectivity index (χ0) is 24.5. The van der Waals surface area contributed by atoms with Gasteiger partial charge in [0.1, 0.15) is 16.9 Å². The van der Waals surface area contributed by atoms with Crippen molar-refractivity contribution in [2.45, 2.75) is 27.7 Å². The van der Waals surface area contributed by atoms with Gasteiger partial charge in [0.2, 0.25) is 5.88 Å². The number of nitrogens with one attached hydrogen (secondary N) is 1. The number of methoxy groups -OCH3 is 1. The molecular weight excluding hydrogens is 434 g/mol. The van der Waals surface area contributed by atoms with Crippen LogP contribution in [0, 0.1) is 6.92 Å². The van der Waals surface area contributed by atoms with E-state index in [-0.39, 0.29) is 41.7 Å². The Balaban J connectivity index is 2.28. The van der Waals surface area contributed by atoms with E-state index < -0.39 is 23.8 Å². The van der Waals surface area contributed by atoms with Gasteiger partial charge in [-0.25, -0.2) is 9.59 Å². The second-order valence-corrected chi connectivity index (χ2v) is 6.50. The summed E-state index contributed by atoms with van der Waals surface area (Å²) < 4.78 is 25.7. The maximum Gasteiger partial charge on any atom is 0.344 e. The van der Waals surface area contributed by atoms with Crippen LogP contribution < -0.4 is 14.8 Å². The van der Waals surface area contributed by atoms with Gasteiger partial charge in [-0.2, -0.15) is 0 Å². The van der Waals surface area contributed by atoms with Crippen molar-refractivity contribution in [1.29, 1.82) is 0 Å². The second kappa shape index (κ2) is 11.5. The molecule has 1 heterocycles. The van der Waals surface area contributed by atoms with E-state index in [0.29, 0.717) is 11.3 Å². The lowest BCUT2D eigenvalue weighted by Gasteiger charge is -2.08. The molecule has 2 rings (SSSR count).